The highest BCUT2D eigenvalue weighted by Gasteiger charge is 2.14. The highest BCUT2D eigenvalue weighted by molar-refractivity contribution is 5.75. The van der Waals surface area contributed by atoms with E-state index in [0.717, 1.165) is 19.3 Å². The average molecular weight is 247 g/mol. The second kappa shape index (κ2) is 13.5. The number of esters is 1. The van der Waals surface area contributed by atoms with Crippen LogP contribution in [-0.4, -0.2) is 32.3 Å². The zero-order chi connectivity index (χ0) is 13.7. The van der Waals surface area contributed by atoms with Crippen molar-refractivity contribution >= 4 is 5.97 Å². The van der Waals surface area contributed by atoms with Crippen molar-refractivity contribution in [1.29, 1.82) is 0 Å². The van der Waals surface area contributed by atoms with Crippen molar-refractivity contribution in [2.45, 2.75) is 53.0 Å². The van der Waals surface area contributed by atoms with Gasteiger partial charge in [0, 0.05) is 6.61 Å². The molecule has 2 unspecified atom stereocenters. The fraction of sp³-hybridized carbons (Fsp3) is 0.923. The molecule has 0 radical (unpaired) electrons. The highest BCUT2D eigenvalue weighted by Crippen LogP contribution is 2.10. The van der Waals surface area contributed by atoms with E-state index < -0.39 is 12.0 Å². The minimum atomic E-state index is -0.658. The molecule has 2 N–H and O–H groups in total. The third kappa shape index (κ3) is 10.3. The summed E-state index contributed by atoms with van der Waals surface area (Å²) in [4.78, 5) is 11.0. The number of methoxy groups -OCH3 is 1. The molecule has 0 spiro atoms. The van der Waals surface area contributed by atoms with Crippen molar-refractivity contribution in [2.75, 3.05) is 20.3 Å². The van der Waals surface area contributed by atoms with Gasteiger partial charge in [0.1, 0.15) is 6.04 Å². The lowest BCUT2D eigenvalue weighted by Gasteiger charge is -2.15. The first-order valence-corrected chi connectivity index (χ1v) is 6.56. The van der Waals surface area contributed by atoms with Gasteiger partial charge in [-0.25, -0.2) is 0 Å². The Labute approximate surface area is 106 Å². The fourth-order valence-corrected chi connectivity index (χ4v) is 1.39. The topological polar surface area (TPSA) is 61.5 Å². The molecule has 0 aromatic heterocycles. The lowest BCUT2D eigenvalue weighted by molar-refractivity contribution is -0.143. The van der Waals surface area contributed by atoms with E-state index in [9.17, 15) is 4.79 Å². The molecule has 0 fully saturated rings. The van der Waals surface area contributed by atoms with Gasteiger partial charge in [-0.1, -0.05) is 40.5 Å². The van der Waals surface area contributed by atoms with E-state index in [1.54, 1.807) is 0 Å². The molecule has 0 aromatic rings. The van der Waals surface area contributed by atoms with Gasteiger partial charge in [-0.05, 0) is 12.3 Å². The summed E-state index contributed by atoms with van der Waals surface area (Å²) in [6.45, 7) is 9.22. The van der Waals surface area contributed by atoms with Gasteiger partial charge in [0.25, 0.3) is 0 Å². The van der Waals surface area contributed by atoms with E-state index in [1.807, 2.05) is 13.8 Å². The van der Waals surface area contributed by atoms with Crippen LogP contribution in [0.1, 0.15) is 47.0 Å². The lowest BCUT2D eigenvalue weighted by atomic mass is 10.0. The number of ether oxygens (including phenoxy) is 2. The Hall–Kier alpha value is -0.610. The van der Waals surface area contributed by atoms with E-state index in [2.05, 4.69) is 18.6 Å². The first-order valence-electron chi connectivity index (χ1n) is 6.56. The number of hydrogen-bond donors (Lipinski definition) is 1. The first-order chi connectivity index (χ1) is 8.15. The molecule has 4 heteroatoms. The van der Waals surface area contributed by atoms with Gasteiger partial charge in [0.2, 0.25) is 0 Å². The Morgan fingerprint density at radius 3 is 2.24 bits per heavy atom. The summed E-state index contributed by atoms with van der Waals surface area (Å²) in [5.74, 6) is 0.151. The summed E-state index contributed by atoms with van der Waals surface area (Å²) in [7, 11) is 1.33. The maximum Gasteiger partial charge on any atom is 0.325 e. The smallest absolute Gasteiger partial charge is 0.325 e. The van der Waals surface area contributed by atoms with Crippen LogP contribution in [0.2, 0.25) is 0 Å². The SMILES string of the molecule is CC.CCCC(CC)COCC(N)C(=O)OC. The predicted molar refractivity (Wildman–Crippen MR) is 70.8 cm³/mol. The standard InChI is InChI=1S/C11H23NO3.C2H6/c1-4-6-9(5-2)7-15-8-10(12)11(13)14-3;1-2/h9-10H,4-8,12H2,1-3H3;1-2H3. The molecule has 0 amide bonds. The van der Waals surface area contributed by atoms with Gasteiger partial charge >= 0.3 is 5.97 Å². The minimum Gasteiger partial charge on any atom is -0.468 e. The lowest BCUT2D eigenvalue weighted by Crippen LogP contribution is -2.36. The summed E-state index contributed by atoms with van der Waals surface area (Å²) < 4.78 is 9.90. The summed E-state index contributed by atoms with van der Waals surface area (Å²) in [6.07, 6.45) is 3.41. The molecule has 0 aliphatic rings. The van der Waals surface area contributed by atoms with Crippen LogP contribution >= 0.6 is 0 Å². The zero-order valence-electron chi connectivity index (χ0n) is 12.0. The molecule has 0 saturated heterocycles. The van der Waals surface area contributed by atoms with Crippen molar-refractivity contribution in [3.63, 3.8) is 0 Å². The summed E-state index contributed by atoms with van der Waals surface area (Å²) in [5, 5.41) is 0. The number of rotatable bonds is 8. The number of hydrogen-bond acceptors (Lipinski definition) is 4. The largest absolute Gasteiger partial charge is 0.468 e. The summed E-state index contributed by atoms with van der Waals surface area (Å²) in [6, 6.07) is -0.658. The van der Waals surface area contributed by atoms with Gasteiger partial charge in [-0.15, -0.1) is 0 Å². The van der Waals surface area contributed by atoms with Crippen LogP contribution in [0.3, 0.4) is 0 Å². The van der Waals surface area contributed by atoms with E-state index in [1.165, 1.54) is 7.11 Å². The quantitative estimate of drug-likeness (QED) is 0.669. The van der Waals surface area contributed by atoms with E-state index in [-0.39, 0.29) is 6.61 Å². The molecular formula is C13H29NO3. The van der Waals surface area contributed by atoms with Crippen LogP contribution in [0.25, 0.3) is 0 Å². The third-order valence-electron chi connectivity index (χ3n) is 2.43. The van der Waals surface area contributed by atoms with Gasteiger partial charge in [0.05, 0.1) is 13.7 Å². The zero-order valence-corrected chi connectivity index (χ0v) is 12.0. The Morgan fingerprint density at radius 2 is 1.82 bits per heavy atom. The second-order valence-electron chi connectivity index (χ2n) is 3.73. The summed E-state index contributed by atoms with van der Waals surface area (Å²) >= 11 is 0. The van der Waals surface area contributed by atoms with Crippen molar-refractivity contribution < 1.29 is 14.3 Å². The number of nitrogens with two attached hydrogens (primary N) is 1. The molecule has 0 aromatic carbocycles. The van der Waals surface area contributed by atoms with Crippen molar-refractivity contribution in [3.8, 4) is 0 Å². The number of carbonyl (C=O) groups excluding carboxylic acids is 1. The van der Waals surface area contributed by atoms with E-state index in [4.69, 9.17) is 10.5 Å². The van der Waals surface area contributed by atoms with Crippen LogP contribution in [-0.2, 0) is 14.3 Å². The molecule has 0 saturated carbocycles. The molecular weight excluding hydrogens is 218 g/mol. The van der Waals surface area contributed by atoms with Gasteiger partial charge in [-0.2, -0.15) is 0 Å². The molecule has 2 atom stereocenters. The molecule has 4 nitrogen and oxygen atoms in total. The normalized spacial score (nSPS) is 13.3. The van der Waals surface area contributed by atoms with Gasteiger partial charge in [0.15, 0.2) is 0 Å². The van der Waals surface area contributed by atoms with E-state index in [0.29, 0.717) is 12.5 Å². The average Bonchev–Trinajstić information content (AvgIpc) is 2.38. The second-order valence-corrected chi connectivity index (χ2v) is 3.73. The predicted octanol–water partition coefficient (Wildman–Crippen LogP) is 2.36. The van der Waals surface area contributed by atoms with Crippen LogP contribution < -0.4 is 5.73 Å². The van der Waals surface area contributed by atoms with Crippen LogP contribution in [0.15, 0.2) is 0 Å². The highest BCUT2D eigenvalue weighted by atomic mass is 16.5. The van der Waals surface area contributed by atoms with Crippen molar-refractivity contribution in [3.05, 3.63) is 0 Å². The molecule has 104 valence electrons. The molecule has 17 heavy (non-hydrogen) atoms. The van der Waals surface area contributed by atoms with Crippen LogP contribution in [0.4, 0.5) is 0 Å². The Kier molecular flexibility index (Phi) is 14.8. The number of carbonyl (C=O) groups is 1. The minimum absolute atomic E-state index is 0.243. The molecule has 0 bridgehead atoms. The maximum atomic E-state index is 11.0. The van der Waals surface area contributed by atoms with Crippen molar-refractivity contribution in [1.82, 2.24) is 0 Å². The van der Waals surface area contributed by atoms with Gasteiger partial charge < -0.3 is 15.2 Å². The first kappa shape index (κ1) is 18.7. The monoisotopic (exact) mass is 247 g/mol. The fourth-order valence-electron chi connectivity index (χ4n) is 1.39. The Morgan fingerprint density at radius 1 is 1.24 bits per heavy atom. The Bertz CT molecular complexity index is 174. The molecule has 0 heterocycles. The Balaban J connectivity index is 0. The van der Waals surface area contributed by atoms with E-state index >= 15 is 0 Å². The van der Waals surface area contributed by atoms with Gasteiger partial charge in [-0.3, -0.25) is 4.79 Å². The van der Waals surface area contributed by atoms with Crippen LogP contribution in [0, 0.1) is 5.92 Å². The van der Waals surface area contributed by atoms with Crippen molar-refractivity contribution in [2.24, 2.45) is 11.7 Å². The molecule has 0 aliphatic carbocycles. The molecule has 0 aliphatic heterocycles. The third-order valence-corrected chi connectivity index (χ3v) is 2.43. The maximum absolute atomic E-state index is 11.0. The molecule has 0 rings (SSSR count). The van der Waals surface area contributed by atoms with Crippen LogP contribution in [0.5, 0.6) is 0 Å². The summed E-state index contributed by atoms with van der Waals surface area (Å²) in [5.41, 5.74) is 5.53.